The van der Waals surface area contributed by atoms with E-state index in [2.05, 4.69) is 15.9 Å². The van der Waals surface area contributed by atoms with Crippen LogP contribution in [0.2, 0.25) is 0 Å². The van der Waals surface area contributed by atoms with Crippen LogP contribution in [0.5, 0.6) is 0 Å². The number of nitro groups is 1. The quantitative estimate of drug-likeness (QED) is 0.487. The van der Waals surface area contributed by atoms with Crippen LogP contribution in [0.1, 0.15) is 23.4 Å². The van der Waals surface area contributed by atoms with Crippen molar-refractivity contribution in [1.82, 2.24) is 0 Å². The lowest BCUT2D eigenvalue weighted by Crippen LogP contribution is -2.03. The minimum Gasteiger partial charge on any atom is -0.298 e. The van der Waals surface area contributed by atoms with E-state index in [1.807, 2.05) is 0 Å². The van der Waals surface area contributed by atoms with Crippen LogP contribution in [-0.4, -0.2) is 10.7 Å². The highest BCUT2D eigenvalue weighted by Crippen LogP contribution is 2.28. The molecule has 1 unspecified atom stereocenters. The van der Waals surface area contributed by atoms with E-state index in [-0.39, 0.29) is 11.5 Å². The van der Waals surface area contributed by atoms with Crippen molar-refractivity contribution in [3.8, 4) is 0 Å². The van der Waals surface area contributed by atoms with Gasteiger partial charge >= 0.3 is 0 Å². The van der Waals surface area contributed by atoms with E-state index in [9.17, 15) is 14.9 Å². The second-order valence-electron chi connectivity index (χ2n) is 3.25. The standard InChI is InChI=1S/C10H9BrClNO3/c1-6(14)10(12)7-2-3-9(13(15)16)8(4-7)5-11/h2-4,10H,5H2,1H3. The lowest BCUT2D eigenvalue weighted by Gasteiger charge is -2.07. The number of carbonyl (C=O) groups excluding carboxylic acids is 1. The third kappa shape index (κ3) is 2.80. The molecular weight excluding hydrogens is 297 g/mol. The van der Waals surface area contributed by atoms with Gasteiger partial charge in [0.1, 0.15) is 5.38 Å². The van der Waals surface area contributed by atoms with E-state index in [0.29, 0.717) is 16.5 Å². The Morgan fingerprint density at radius 2 is 2.25 bits per heavy atom. The van der Waals surface area contributed by atoms with E-state index in [1.54, 1.807) is 6.07 Å². The van der Waals surface area contributed by atoms with Gasteiger partial charge in [-0.15, -0.1) is 11.6 Å². The highest BCUT2D eigenvalue weighted by molar-refractivity contribution is 9.08. The summed E-state index contributed by atoms with van der Waals surface area (Å²) in [5, 5.41) is 10.3. The second-order valence-corrected chi connectivity index (χ2v) is 4.25. The first-order valence-corrected chi connectivity index (χ1v) is 6.01. The van der Waals surface area contributed by atoms with E-state index < -0.39 is 10.3 Å². The molecule has 0 aliphatic rings. The number of ketones is 1. The minimum absolute atomic E-state index is 0.0213. The third-order valence-electron chi connectivity index (χ3n) is 2.09. The van der Waals surface area contributed by atoms with Gasteiger partial charge in [-0.25, -0.2) is 0 Å². The number of alkyl halides is 2. The molecule has 86 valence electrons. The SMILES string of the molecule is CC(=O)C(Cl)c1ccc([N+](=O)[O-])c(CBr)c1. The lowest BCUT2D eigenvalue weighted by molar-refractivity contribution is -0.385. The number of nitro benzene ring substituents is 1. The van der Waals surface area contributed by atoms with Gasteiger partial charge < -0.3 is 0 Å². The van der Waals surface area contributed by atoms with Gasteiger partial charge in [0.2, 0.25) is 0 Å². The summed E-state index contributed by atoms with van der Waals surface area (Å²) in [6, 6.07) is 4.44. The zero-order valence-electron chi connectivity index (χ0n) is 8.44. The Kier molecular flexibility index (Phi) is 4.44. The van der Waals surface area contributed by atoms with Crippen LogP contribution in [0.3, 0.4) is 0 Å². The zero-order valence-corrected chi connectivity index (χ0v) is 10.8. The molecule has 1 aromatic carbocycles. The highest BCUT2D eigenvalue weighted by atomic mass is 79.9. The summed E-state index contributed by atoms with van der Waals surface area (Å²) in [5.41, 5.74) is 1.11. The summed E-state index contributed by atoms with van der Waals surface area (Å²) in [6.45, 7) is 1.38. The molecule has 4 nitrogen and oxygen atoms in total. The first kappa shape index (κ1) is 13.1. The first-order chi connectivity index (χ1) is 7.47. The predicted molar refractivity (Wildman–Crippen MR) is 65.0 cm³/mol. The van der Waals surface area contributed by atoms with E-state index in [4.69, 9.17) is 11.6 Å². The fraction of sp³-hybridized carbons (Fsp3) is 0.300. The molecule has 0 N–H and O–H groups in total. The number of nitrogens with zero attached hydrogens (tertiary/aromatic N) is 1. The van der Waals surface area contributed by atoms with Gasteiger partial charge in [-0.3, -0.25) is 14.9 Å². The van der Waals surface area contributed by atoms with Crippen molar-refractivity contribution in [2.75, 3.05) is 0 Å². The molecule has 0 aromatic heterocycles. The normalized spacial score (nSPS) is 12.2. The van der Waals surface area contributed by atoms with Crippen molar-refractivity contribution >= 4 is 39.0 Å². The summed E-state index contributed by atoms with van der Waals surface area (Å²) in [5.74, 6) is -0.184. The highest BCUT2D eigenvalue weighted by Gasteiger charge is 2.18. The Morgan fingerprint density at radius 3 is 2.69 bits per heavy atom. The van der Waals surface area contributed by atoms with Crippen LogP contribution in [0.15, 0.2) is 18.2 Å². The van der Waals surface area contributed by atoms with Gasteiger partial charge in [0.15, 0.2) is 5.78 Å². The summed E-state index contributed by atoms with van der Waals surface area (Å²) >= 11 is 9.03. The van der Waals surface area contributed by atoms with Crippen LogP contribution in [0.4, 0.5) is 5.69 Å². The monoisotopic (exact) mass is 305 g/mol. The maximum Gasteiger partial charge on any atom is 0.273 e. The van der Waals surface area contributed by atoms with Crippen molar-refractivity contribution in [2.24, 2.45) is 0 Å². The fourth-order valence-corrected chi connectivity index (χ4v) is 1.87. The minimum atomic E-state index is -0.751. The molecule has 1 atom stereocenters. The Balaban J connectivity index is 3.18. The molecule has 0 aliphatic heterocycles. The van der Waals surface area contributed by atoms with Crippen molar-refractivity contribution in [3.05, 3.63) is 39.4 Å². The van der Waals surface area contributed by atoms with Gasteiger partial charge in [0.25, 0.3) is 5.69 Å². The van der Waals surface area contributed by atoms with Crippen LogP contribution in [0.25, 0.3) is 0 Å². The number of hydrogen-bond donors (Lipinski definition) is 0. The Bertz CT molecular complexity index is 436. The number of Topliss-reactive ketones (excluding diaryl/α,β-unsaturated/α-hetero) is 1. The van der Waals surface area contributed by atoms with Crippen molar-refractivity contribution in [2.45, 2.75) is 17.6 Å². The van der Waals surface area contributed by atoms with E-state index in [1.165, 1.54) is 19.1 Å². The maximum absolute atomic E-state index is 11.1. The number of benzene rings is 1. The van der Waals surface area contributed by atoms with Crippen molar-refractivity contribution in [3.63, 3.8) is 0 Å². The number of rotatable bonds is 4. The van der Waals surface area contributed by atoms with Gasteiger partial charge in [-0.05, 0) is 18.6 Å². The molecule has 6 heteroatoms. The van der Waals surface area contributed by atoms with Crippen LogP contribution in [0, 0.1) is 10.1 Å². The number of halogens is 2. The topological polar surface area (TPSA) is 60.2 Å². The summed E-state index contributed by atoms with van der Waals surface area (Å²) in [7, 11) is 0. The molecule has 0 saturated carbocycles. The molecule has 0 radical (unpaired) electrons. The van der Waals surface area contributed by atoms with Gasteiger partial charge in [0, 0.05) is 17.0 Å². The van der Waals surface area contributed by atoms with Crippen LogP contribution < -0.4 is 0 Å². The molecule has 0 spiro atoms. The Morgan fingerprint density at radius 1 is 1.62 bits per heavy atom. The summed E-state index contributed by atoms with van der Waals surface area (Å²) in [6.07, 6.45) is 0. The lowest BCUT2D eigenvalue weighted by atomic mass is 10.1. The molecule has 0 saturated heterocycles. The second kappa shape index (κ2) is 5.41. The molecule has 0 bridgehead atoms. The van der Waals surface area contributed by atoms with Crippen LogP contribution in [-0.2, 0) is 10.1 Å². The fourth-order valence-electron chi connectivity index (χ4n) is 1.28. The van der Waals surface area contributed by atoms with Gasteiger partial charge in [0.05, 0.1) is 4.92 Å². The molecule has 1 rings (SSSR count). The Hall–Kier alpha value is -0.940. The van der Waals surface area contributed by atoms with Crippen molar-refractivity contribution < 1.29 is 9.72 Å². The Labute approximate surface area is 106 Å². The first-order valence-electron chi connectivity index (χ1n) is 4.45. The average molecular weight is 307 g/mol. The summed E-state index contributed by atoms with van der Waals surface area (Å²) < 4.78 is 0. The zero-order chi connectivity index (χ0) is 12.3. The van der Waals surface area contributed by atoms with Crippen LogP contribution >= 0.6 is 27.5 Å². The van der Waals surface area contributed by atoms with Gasteiger partial charge in [-0.2, -0.15) is 0 Å². The number of hydrogen-bond acceptors (Lipinski definition) is 3. The van der Waals surface area contributed by atoms with Crippen molar-refractivity contribution in [1.29, 1.82) is 0 Å². The molecule has 16 heavy (non-hydrogen) atoms. The molecule has 1 aromatic rings. The predicted octanol–water partition coefficient (Wildman–Crippen LogP) is 3.36. The van der Waals surface area contributed by atoms with Gasteiger partial charge in [-0.1, -0.05) is 22.0 Å². The molecule has 0 fully saturated rings. The van der Waals surface area contributed by atoms with E-state index in [0.717, 1.165) is 0 Å². The molecule has 0 aliphatic carbocycles. The molecule has 0 heterocycles. The number of carbonyl (C=O) groups is 1. The smallest absolute Gasteiger partial charge is 0.273 e. The van der Waals surface area contributed by atoms with E-state index >= 15 is 0 Å². The molecular formula is C10H9BrClNO3. The largest absolute Gasteiger partial charge is 0.298 e. The third-order valence-corrected chi connectivity index (χ3v) is 3.26. The summed E-state index contributed by atoms with van der Waals surface area (Å²) in [4.78, 5) is 21.3. The molecule has 0 amide bonds. The maximum atomic E-state index is 11.1. The average Bonchev–Trinajstić information content (AvgIpc) is 2.26.